The molecule has 0 saturated carbocycles. The minimum atomic E-state index is -0.715. The van der Waals surface area contributed by atoms with Gasteiger partial charge in [-0.15, -0.1) is 0 Å². The molecule has 1 N–H and O–H groups in total. The van der Waals surface area contributed by atoms with Gasteiger partial charge in [0.1, 0.15) is 11.3 Å². The molecule has 1 heterocycles. The largest absolute Gasteiger partial charge is 0.459 e. The van der Waals surface area contributed by atoms with E-state index in [1.807, 2.05) is 25.1 Å². The fourth-order valence-electron chi connectivity index (χ4n) is 2.46. The molecule has 0 aliphatic carbocycles. The second kappa shape index (κ2) is 7.04. The van der Waals surface area contributed by atoms with Gasteiger partial charge in [0.25, 0.3) is 0 Å². The predicted octanol–water partition coefficient (Wildman–Crippen LogP) is 3.41. The zero-order chi connectivity index (χ0) is 14.5. The molecule has 1 aromatic carbocycles. The number of furan rings is 1. The number of benzene rings is 1. The van der Waals surface area contributed by atoms with E-state index in [0.717, 1.165) is 30.1 Å². The zero-order valence-electron chi connectivity index (χ0n) is 12.4. The van der Waals surface area contributed by atoms with Crippen LogP contribution in [-0.2, 0) is 17.2 Å². The lowest BCUT2D eigenvalue weighted by molar-refractivity contribution is 0.455. The molecule has 0 aliphatic rings. The standard InChI is InChI=1S/C16H23NO2S/c1-4-13-14-8-6-7-9-15(14)19-16(13)12(3)17-10-11-20(18)5-2/h6-9,12,17H,4-5,10-11H2,1-3H3. The second-order valence-corrected chi connectivity index (χ2v) is 6.77. The first-order valence-electron chi connectivity index (χ1n) is 7.26. The summed E-state index contributed by atoms with van der Waals surface area (Å²) in [5.74, 6) is 2.43. The van der Waals surface area contributed by atoms with Gasteiger partial charge in [-0.1, -0.05) is 32.0 Å². The first kappa shape index (κ1) is 15.3. The highest BCUT2D eigenvalue weighted by Crippen LogP contribution is 2.30. The Kier molecular flexibility index (Phi) is 5.38. The molecule has 2 atom stereocenters. The molecule has 0 spiro atoms. The topological polar surface area (TPSA) is 42.2 Å². The van der Waals surface area contributed by atoms with E-state index in [1.54, 1.807) is 0 Å². The van der Waals surface area contributed by atoms with Gasteiger partial charge >= 0.3 is 0 Å². The Bertz CT molecular complexity index is 591. The summed E-state index contributed by atoms with van der Waals surface area (Å²) in [6, 6.07) is 8.31. The lowest BCUT2D eigenvalue weighted by Gasteiger charge is -2.12. The van der Waals surface area contributed by atoms with Crippen LogP contribution in [0.3, 0.4) is 0 Å². The molecule has 0 radical (unpaired) electrons. The molecule has 0 bridgehead atoms. The predicted molar refractivity (Wildman–Crippen MR) is 85.6 cm³/mol. The highest BCUT2D eigenvalue weighted by atomic mass is 32.2. The smallest absolute Gasteiger partial charge is 0.134 e. The van der Waals surface area contributed by atoms with Gasteiger partial charge in [0.15, 0.2) is 0 Å². The summed E-state index contributed by atoms with van der Waals surface area (Å²) in [5, 5.41) is 4.62. The van der Waals surface area contributed by atoms with Crippen LogP contribution in [0.1, 0.15) is 38.1 Å². The fraction of sp³-hybridized carbons (Fsp3) is 0.500. The maximum atomic E-state index is 11.4. The van der Waals surface area contributed by atoms with Gasteiger partial charge in [-0.05, 0) is 19.4 Å². The van der Waals surface area contributed by atoms with Crippen LogP contribution in [0.25, 0.3) is 11.0 Å². The molecule has 110 valence electrons. The summed E-state index contributed by atoms with van der Waals surface area (Å²) in [7, 11) is -0.715. The molecule has 3 nitrogen and oxygen atoms in total. The third kappa shape index (κ3) is 3.30. The first-order chi connectivity index (χ1) is 9.67. The SMILES string of the molecule is CCc1c(C(C)NCCS(=O)CC)oc2ccccc12. The van der Waals surface area contributed by atoms with Crippen LogP contribution in [0.2, 0.25) is 0 Å². The number of nitrogens with one attached hydrogen (secondary N) is 1. The van der Waals surface area contributed by atoms with E-state index in [-0.39, 0.29) is 6.04 Å². The van der Waals surface area contributed by atoms with Gasteiger partial charge in [-0.25, -0.2) is 0 Å². The summed E-state index contributed by atoms with van der Waals surface area (Å²) in [5.41, 5.74) is 2.22. The van der Waals surface area contributed by atoms with Gasteiger partial charge in [0.05, 0.1) is 6.04 Å². The van der Waals surface area contributed by atoms with Gasteiger partial charge in [0.2, 0.25) is 0 Å². The van der Waals surface area contributed by atoms with Crippen LogP contribution in [0.4, 0.5) is 0 Å². The van der Waals surface area contributed by atoms with Crippen LogP contribution in [0, 0.1) is 0 Å². The van der Waals surface area contributed by atoms with E-state index in [9.17, 15) is 4.21 Å². The van der Waals surface area contributed by atoms with Gasteiger partial charge in [-0.2, -0.15) is 0 Å². The maximum Gasteiger partial charge on any atom is 0.134 e. The van der Waals surface area contributed by atoms with Gasteiger partial charge in [0, 0.05) is 39.8 Å². The molecule has 1 aromatic heterocycles. The highest BCUT2D eigenvalue weighted by molar-refractivity contribution is 7.84. The number of aryl methyl sites for hydroxylation is 1. The van der Waals surface area contributed by atoms with Crippen molar-refractivity contribution in [3.63, 3.8) is 0 Å². The number of fused-ring (bicyclic) bond motifs is 1. The number of hydrogen-bond acceptors (Lipinski definition) is 3. The zero-order valence-corrected chi connectivity index (χ0v) is 13.3. The van der Waals surface area contributed by atoms with Crippen molar-refractivity contribution in [1.29, 1.82) is 0 Å². The van der Waals surface area contributed by atoms with Crippen molar-refractivity contribution in [2.75, 3.05) is 18.1 Å². The van der Waals surface area contributed by atoms with Crippen LogP contribution >= 0.6 is 0 Å². The number of hydrogen-bond donors (Lipinski definition) is 1. The Labute approximate surface area is 123 Å². The highest BCUT2D eigenvalue weighted by Gasteiger charge is 2.17. The monoisotopic (exact) mass is 293 g/mol. The summed E-state index contributed by atoms with van der Waals surface area (Å²) in [4.78, 5) is 0. The van der Waals surface area contributed by atoms with E-state index in [1.165, 1.54) is 10.9 Å². The quantitative estimate of drug-likeness (QED) is 0.850. The van der Waals surface area contributed by atoms with Crippen LogP contribution in [-0.4, -0.2) is 22.3 Å². The normalized spacial score (nSPS) is 14.6. The summed E-state index contributed by atoms with van der Waals surface area (Å²) < 4.78 is 17.4. The molecule has 0 aliphatic heterocycles. The van der Waals surface area contributed by atoms with Crippen molar-refractivity contribution in [1.82, 2.24) is 5.32 Å². The molecule has 0 saturated heterocycles. The number of rotatable bonds is 7. The van der Waals surface area contributed by atoms with Crippen molar-refractivity contribution in [2.24, 2.45) is 0 Å². The Hall–Kier alpha value is -1.13. The molecule has 20 heavy (non-hydrogen) atoms. The van der Waals surface area contributed by atoms with E-state index >= 15 is 0 Å². The van der Waals surface area contributed by atoms with Crippen LogP contribution in [0.5, 0.6) is 0 Å². The summed E-state index contributed by atoms with van der Waals surface area (Å²) >= 11 is 0. The van der Waals surface area contributed by atoms with E-state index in [2.05, 4.69) is 25.2 Å². The molecule has 2 unspecified atom stereocenters. The molecular weight excluding hydrogens is 270 g/mol. The van der Waals surface area contributed by atoms with Gasteiger partial charge in [-0.3, -0.25) is 4.21 Å². The third-order valence-electron chi connectivity index (χ3n) is 3.58. The average Bonchev–Trinajstić information content (AvgIpc) is 2.85. The summed E-state index contributed by atoms with van der Waals surface area (Å²) in [6.07, 6.45) is 0.958. The Morgan fingerprint density at radius 3 is 2.75 bits per heavy atom. The lowest BCUT2D eigenvalue weighted by atomic mass is 10.1. The molecule has 2 aromatic rings. The van der Waals surface area contributed by atoms with E-state index in [0.29, 0.717) is 5.75 Å². The van der Waals surface area contributed by atoms with Crippen molar-refractivity contribution in [2.45, 2.75) is 33.2 Å². The van der Waals surface area contributed by atoms with E-state index < -0.39 is 10.8 Å². The Morgan fingerprint density at radius 1 is 1.30 bits per heavy atom. The van der Waals surface area contributed by atoms with Crippen LogP contribution < -0.4 is 5.32 Å². The van der Waals surface area contributed by atoms with E-state index in [4.69, 9.17) is 4.42 Å². The molecule has 4 heteroatoms. The van der Waals surface area contributed by atoms with Crippen molar-refractivity contribution < 1.29 is 8.63 Å². The third-order valence-corrected chi connectivity index (χ3v) is 4.88. The van der Waals surface area contributed by atoms with Crippen molar-refractivity contribution in [3.8, 4) is 0 Å². The Balaban J connectivity index is 2.13. The van der Waals surface area contributed by atoms with Crippen molar-refractivity contribution in [3.05, 3.63) is 35.6 Å². The lowest BCUT2D eigenvalue weighted by Crippen LogP contribution is -2.24. The molecular formula is C16H23NO2S. The molecule has 0 amide bonds. The first-order valence-corrected chi connectivity index (χ1v) is 8.74. The maximum absolute atomic E-state index is 11.4. The van der Waals surface area contributed by atoms with Gasteiger partial charge < -0.3 is 9.73 Å². The summed E-state index contributed by atoms with van der Waals surface area (Å²) in [6.45, 7) is 6.96. The fourth-order valence-corrected chi connectivity index (χ4v) is 3.09. The minimum absolute atomic E-state index is 0.145. The second-order valence-electron chi connectivity index (χ2n) is 4.90. The van der Waals surface area contributed by atoms with Crippen LogP contribution in [0.15, 0.2) is 28.7 Å². The number of para-hydroxylation sites is 1. The average molecular weight is 293 g/mol. The minimum Gasteiger partial charge on any atom is -0.459 e. The Morgan fingerprint density at radius 2 is 2.05 bits per heavy atom. The molecule has 0 fully saturated rings. The molecule has 2 rings (SSSR count). The van der Waals surface area contributed by atoms with Crippen molar-refractivity contribution >= 4 is 21.8 Å².